The van der Waals surface area contributed by atoms with Gasteiger partial charge in [-0.15, -0.1) is 0 Å². The normalized spacial score (nSPS) is 21.8. The van der Waals surface area contributed by atoms with Crippen molar-refractivity contribution < 1.29 is 32.6 Å². The minimum absolute atomic E-state index is 0.184. The van der Waals surface area contributed by atoms with Crippen LogP contribution in [0.5, 0.6) is 0 Å². The summed E-state index contributed by atoms with van der Waals surface area (Å²) >= 11 is 0. The Hall–Kier alpha value is -2.04. The molecule has 3 rings (SSSR count). The van der Waals surface area contributed by atoms with Gasteiger partial charge in [-0.05, 0) is 62.4 Å². The molecule has 0 saturated carbocycles. The number of nitrogens with zero attached hydrogens (tertiary/aromatic N) is 2. The van der Waals surface area contributed by atoms with E-state index in [1.165, 1.54) is 37.1 Å². The molecular formula is C19H27FN2O6S. The number of hydrogen-bond donors (Lipinski definition) is 2. The third kappa shape index (κ3) is 6.48. The highest BCUT2D eigenvalue weighted by Gasteiger charge is 2.32. The van der Waals surface area contributed by atoms with Crippen LogP contribution in [0.25, 0.3) is 0 Å². The number of piperidine rings is 2. The van der Waals surface area contributed by atoms with Crippen molar-refractivity contribution in [3.05, 3.63) is 30.1 Å². The van der Waals surface area contributed by atoms with Gasteiger partial charge in [0.2, 0.25) is 10.0 Å². The Kier molecular flexibility index (Phi) is 8.12. The molecule has 2 N–H and O–H groups in total. The molecule has 162 valence electrons. The molecule has 8 nitrogen and oxygen atoms in total. The Morgan fingerprint density at radius 2 is 1.55 bits per heavy atom. The monoisotopic (exact) mass is 430 g/mol. The van der Waals surface area contributed by atoms with E-state index in [0.717, 1.165) is 31.8 Å². The zero-order valence-electron chi connectivity index (χ0n) is 16.3. The Bertz CT molecular complexity index is 794. The summed E-state index contributed by atoms with van der Waals surface area (Å²) in [6.07, 6.45) is 4.31. The van der Waals surface area contributed by atoms with Gasteiger partial charge < -0.3 is 15.1 Å². The molecule has 0 aliphatic carbocycles. The van der Waals surface area contributed by atoms with Gasteiger partial charge in [0.1, 0.15) is 5.82 Å². The fourth-order valence-corrected chi connectivity index (χ4v) is 5.23. The number of likely N-dealkylation sites (tertiary alicyclic amines) is 1. The first kappa shape index (κ1) is 23.2. The van der Waals surface area contributed by atoms with Crippen LogP contribution in [0.15, 0.2) is 29.2 Å². The summed E-state index contributed by atoms with van der Waals surface area (Å²) in [6, 6.07) is 5.60. The van der Waals surface area contributed by atoms with Crippen LogP contribution in [0.3, 0.4) is 0 Å². The lowest BCUT2D eigenvalue weighted by Gasteiger charge is -2.41. The van der Waals surface area contributed by atoms with E-state index in [1.54, 1.807) is 4.31 Å². The molecule has 29 heavy (non-hydrogen) atoms. The highest BCUT2D eigenvalue weighted by Crippen LogP contribution is 2.26. The lowest BCUT2D eigenvalue weighted by Crippen LogP contribution is -2.49. The SMILES string of the molecule is CC1CCCN(C2CCN(S(=O)(=O)c3ccc(F)cc3)CC2)C1.O=C(O)C(=O)O. The standard InChI is InChI=1S/C17H25FN2O2S.C2H2O4/c1-14-3-2-10-19(13-14)16-8-11-20(12-9-16)23(21,22)17-6-4-15(18)5-7-17;3-1(4)2(5)6/h4-7,14,16H,2-3,8-13H2,1H3;(H,3,4)(H,5,6). The fourth-order valence-electron chi connectivity index (χ4n) is 3.76. The molecule has 0 amide bonds. The number of aliphatic carboxylic acids is 2. The number of benzene rings is 1. The summed E-state index contributed by atoms with van der Waals surface area (Å²) in [4.78, 5) is 20.9. The second-order valence-corrected chi connectivity index (χ2v) is 9.38. The first-order valence-electron chi connectivity index (χ1n) is 9.57. The van der Waals surface area contributed by atoms with Gasteiger partial charge in [-0.25, -0.2) is 22.4 Å². The van der Waals surface area contributed by atoms with Crippen LogP contribution in [-0.2, 0) is 19.6 Å². The molecule has 0 aromatic heterocycles. The van der Waals surface area contributed by atoms with Crippen molar-refractivity contribution in [2.45, 2.75) is 43.5 Å². The summed E-state index contributed by atoms with van der Waals surface area (Å²) < 4.78 is 39.8. The molecule has 0 spiro atoms. The minimum atomic E-state index is -3.50. The van der Waals surface area contributed by atoms with Crippen molar-refractivity contribution >= 4 is 22.0 Å². The fraction of sp³-hybridized carbons (Fsp3) is 0.579. The maximum Gasteiger partial charge on any atom is 0.414 e. The number of hydrogen-bond acceptors (Lipinski definition) is 5. The van der Waals surface area contributed by atoms with Gasteiger partial charge in [0.05, 0.1) is 4.90 Å². The lowest BCUT2D eigenvalue weighted by atomic mass is 9.96. The first-order chi connectivity index (χ1) is 13.6. The maximum absolute atomic E-state index is 13.0. The summed E-state index contributed by atoms with van der Waals surface area (Å²) in [5, 5.41) is 14.8. The topological polar surface area (TPSA) is 115 Å². The molecule has 0 radical (unpaired) electrons. The molecule has 2 fully saturated rings. The smallest absolute Gasteiger partial charge is 0.414 e. The predicted octanol–water partition coefficient (Wildman–Crippen LogP) is 1.87. The van der Waals surface area contributed by atoms with E-state index in [1.807, 2.05) is 0 Å². The average Bonchev–Trinajstić information content (AvgIpc) is 2.69. The van der Waals surface area contributed by atoms with Crippen LogP contribution in [0.2, 0.25) is 0 Å². The Morgan fingerprint density at radius 1 is 1.00 bits per heavy atom. The van der Waals surface area contributed by atoms with Crippen molar-refractivity contribution in [1.29, 1.82) is 0 Å². The predicted molar refractivity (Wildman–Crippen MR) is 103 cm³/mol. The van der Waals surface area contributed by atoms with E-state index >= 15 is 0 Å². The van der Waals surface area contributed by atoms with Gasteiger partial charge >= 0.3 is 11.9 Å². The molecule has 1 unspecified atom stereocenters. The van der Waals surface area contributed by atoms with Gasteiger partial charge in [-0.2, -0.15) is 4.31 Å². The molecule has 0 bridgehead atoms. The molecular weight excluding hydrogens is 403 g/mol. The van der Waals surface area contributed by atoms with Crippen molar-refractivity contribution in [2.75, 3.05) is 26.2 Å². The summed E-state index contributed by atoms with van der Waals surface area (Å²) in [6.45, 7) is 5.67. The molecule has 1 aromatic carbocycles. The number of carboxylic acids is 2. The van der Waals surface area contributed by atoms with Crippen molar-refractivity contribution in [3.8, 4) is 0 Å². The summed E-state index contributed by atoms with van der Waals surface area (Å²) in [5.74, 6) is -3.32. The second kappa shape index (κ2) is 10.1. The number of carboxylic acid groups (broad SMARTS) is 2. The highest BCUT2D eigenvalue weighted by atomic mass is 32.2. The zero-order chi connectivity index (χ0) is 21.6. The Labute approximate surface area is 170 Å². The number of carbonyl (C=O) groups is 2. The zero-order valence-corrected chi connectivity index (χ0v) is 17.1. The van der Waals surface area contributed by atoms with Crippen molar-refractivity contribution in [3.63, 3.8) is 0 Å². The van der Waals surface area contributed by atoms with E-state index in [-0.39, 0.29) is 4.90 Å². The number of rotatable bonds is 3. The molecule has 2 aliphatic rings. The first-order valence-corrected chi connectivity index (χ1v) is 11.0. The number of halogens is 1. The van der Waals surface area contributed by atoms with Gasteiger partial charge in [0.15, 0.2) is 0 Å². The van der Waals surface area contributed by atoms with Crippen LogP contribution in [0.1, 0.15) is 32.6 Å². The molecule has 2 saturated heterocycles. The molecule has 2 aliphatic heterocycles. The quantitative estimate of drug-likeness (QED) is 0.704. The van der Waals surface area contributed by atoms with E-state index in [4.69, 9.17) is 19.8 Å². The Morgan fingerprint density at radius 3 is 2.03 bits per heavy atom. The van der Waals surface area contributed by atoms with Gasteiger partial charge in [-0.3, -0.25) is 0 Å². The summed E-state index contributed by atoms with van der Waals surface area (Å²) in [5.41, 5.74) is 0. The third-order valence-corrected chi connectivity index (χ3v) is 7.18. The molecule has 1 aromatic rings. The van der Waals surface area contributed by atoms with Crippen LogP contribution < -0.4 is 0 Å². The van der Waals surface area contributed by atoms with Crippen LogP contribution in [-0.4, -0.2) is 72.0 Å². The van der Waals surface area contributed by atoms with Crippen LogP contribution in [0, 0.1) is 11.7 Å². The van der Waals surface area contributed by atoms with Gasteiger partial charge in [-0.1, -0.05) is 6.92 Å². The van der Waals surface area contributed by atoms with Crippen LogP contribution >= 0.6 is 0 Å². The lowest BCUT2D eigenvalue weighted by molar-refractivity contribution is -0.159. The molecule has 1 atom stereocenters. The summed E-state index contributed by atoms with van der Waals surface area (Å²) in [7, 11) is -3.50. The van der Waals surface area contributed by atoms with Gasteiger partial charge in [0, 0.05) is 25.7 Å². The molecule has 10 heteroatoms. The van der Waals surface area contributed by atoms with Crippen LogP contribution in [0.4, 0.5) is 4.39 Å². The highest BCUT2D eigenvalue weighted by molar-refractivity contribution is 7.89. The largest absolute Gasteiger partial charge is 0.473 e. The third-order valence-electron chi connectivity index (χ3n) is 5.26. The van der Waals surface area contributed by atoms with E-state index < -0.39 is 27.8 Å². The average molecular weight is 430 g/mol. The molecule has 2 heterocycles. The second-order valence-electron chi connectivity index (χ2n) is 7.44. The maximum atomic E-state index is 13.0. The number of sulfonamides is 1. The van der Waals surface area contributed by atoms with Gasteiger partial charge in [0.25, 0.3) is 0 Å². The van der Waals surface area contributed by atoms with Crippen molar-refractivity contribution in [2.24, 2.45) is 5.92 Å². The minimum Gasteiger partial charge on any atom is -0.473 e. The Balaban J connectivity index is 0.000000438. The van der Waals surface area contributed by atoms with E-state index in [9.17, 15) is 12.8 Å². The van der Waals surface area contributed by atoms with E-state index in [2.05, 4.69) is 11.8 Å². The van der Waals surface area contributed by atoms with E-state index in [0.29, 0.717) is 19.1 Å². The van der Waals surface area contributed by atoms with Crippen molar-refractivity contribution in [1.82, 2.24) is 9.21 Å².